The van der Waals surface area contributed by atoms with Crippen LogP contribution in [0.1, 0.15) is 11.1 Å². The van der Waals surface area contributed by atoms with Crippen LogP contribution in [0.5, 0.6) is 0 Å². The molecular formula is C28H28N4. The standard InChI is InChI=1S/C28H28N4/c1-31(2)17-27-23-13-19-9-5-7-11-21(19)15-25(23)30-28(18-32(3)4)24-14-20-10-6-8-12-22(20)16-26(24)29-27/h5-16H,17-18H2,1-4H3/b27-23?,28-24?,29-26?,29-27-,30-25?,30-28-. The molecule has 1 heterocycles. The molecule has 0 amide bonds. The van der Waals surface area contributed by atoms with Gasteiger partial charge < -0.3 is 9.80 Å². The second-order valence-corrected chi connectivity index (χ2v) is 9.03. The van der Waals surface area contributed by atoms with Crippen molar-refractivity contribution in [3.8, 4) is 0 Å². The van der Waals surface area contributed by atoms with E-state index in [2.05, 4.69) is 111 Å². The Hall–Kier alpha value is -3.34. The van der Waals surface area contributed by atoms with Gasteiger partial charge >= 0.3 is 0 Å². The quantitative estimate of drug-likeness (QED) is 0.426. The molecule has 4 aromatic rings. The van der Waals surface area contributed by atoms with Gasteiger partial charge in [-0.2, -0.15) is 0 Å². The van der Waals surface area contributed by atoms with Crippen molar-refractivity contribution in [1.82, 2.24) is 9.80 Å². The first kappa shape index (κ1) is 20.6. The first-order valence-corrected chi connectivity index (χ1v) is 11.0. The van der Waals surface area contributed by atoms with E-state index in [1.165, 1.54) is 21.5 Å². The smallest absolute Gasteiger partial charge is 0.0731 e. The van der Waals surface area contributed by atoms with Gasteiger partial charge in [-0.15, -0.1) is 0 Å². The highest BCUT2D eigenvalue weighted by Crippen LogP contribution is 2.35. The molecular weight excluding hydrogens is 392 g/mol. The molecule has 0 aromatic heterocycles. The molecule has 5 rings (SSSR count). The summed E-state index contributed by atoms with van der Waals surface area (Å²) in [5.41, 5.74) is 6.26. The zero-order valence-corrected chi connectivity index (χ0v) is 19.1. The Bertz CT molecular complexity index is 1270. The van der Waals surface area contributed by atoms with Crippen molar-refractivity contribution in [2.24, 2.45) is 9.98 Å². The van der Waals surface area contributed by atoms with Crippen LogP contribution in [-0.2, 0) is 0 Å². The first-order chi connectivity index (χ1) is 15.5. The van der Waals surface area contributed by atoms with Crippen LogP contribution in [0.2, 0.25) is 0 Å². The highest BCUT2D eigenvalue weighted by atomic mass is 15.1. The Morgan fingerprint density at radius 2 is 0.875 bits per heavy atom. The van der Waals surface area contributed by atoms with Crippen LogP contribution >= 0.6 is 0 Å². The molecule has 0 atom stereocenters. The molecule has 0 unspecified atom stereocenters. The minimum atomic E-state index is 0.746. The summed E-state index contributed by atoms with van der Waals surface area (Å²) in [5.74, 6) is 0. The molecule has 0 fully saturated rings. The maximum atomic E-state index is 5.27. The summed E-state index contributed by atoms with van der Waals surface area (Å²) in [5, 5.41) is 4.81. The molecule has 4 heteroatoms. The number of hydrogen-bond acceptors (Lipinski definition) is 4. The van der Waals surface area contributed by atoms with Crippen LogP contribution in [-0.4, -0.2) is 62.5 Å². The lowest BCUT2D eigenvalue weighted by Crippen LogP contribution is -2.25. The van der Waals surface area contributed by atoms with E-state index >= 15 is 0 Å². The number of rotatable bonds is 4. The van der Waals surface area contributed by atoms with Crippen molar-refractivity contribution < 1.29 is 0 Å². The molecule has 0 radical (unpaired) electrons. The summed E-state index contributed by atoms with van der Waals surface area (Å²) in [4.78, 5) is 14.9. The number of benzene rings is 4. The zero-order chi connectivity index (χ0) is 22.2. The third-order valence-electron chi connectivity index (χ3n) is 5.79. The third kappa shape index (κ3) is 3.95. The molecule has 160 valence electrons. The van der Waals surface area contributed by atoms with Gasteiger partial charge in [0.15, 0.2) is 0 Å². The highest BCUT2D eigenvalue weighted by Gasteiger charge is 2.20. The van der Waals surface area contributed by atoms with Crippen molar-refractivity contribution in [3.63, 3.8) is 0 Å². The second-order valence-electron chi connectivity index (χ2n) is 9.03. The number of aliphatic imine (C=N–C) groups is 2. The van der Waals surface area contributed by atoms with E-state index in [9.17, 15) is 0 Å². The maximum Gasteiger partial charge on any atom is 0.0731 e. The van der Waals surface area contributed by atoms with Gasteiger partial charge in [0.2, 0.25) is 0 Å². The second kappa shape index (κ2) is 8.30. The largest absolute Gasteiger partial charge is 0.304 e. The molecule has 0 bridgehead atoms. The van der Waals surface area contributed by atoms with E-state index in [1.807, 2.05) is 0 Å². The maximum absolute atomic E-state index is 5.27. The van der Waals surface area contributed by atoms with E-state index in [4.69, 9.17) is 9.98 Å². The molecule has 0 saturated carbocycles. The lowest BCUT2D eigenvalue weighted by atomic mass is 9.97. The van der Waals surface area contributed by atoms with Crippen molar-refractivity contribution in [3.05, 3.63) is 83.9 Å². The number of fused-ring (bicyclic) bond motifs is 4. The summed E-state index contributed by atoms with van der Waals surface area (Å²) >= 11 is 0. The van der Waals surface area contributed by atoms with E-state index in [1.54, 1.807) is 0 Å². The predicted molar refractivity (Wildman–Crippen MR) is 137 cm³/mol. The Labute approximate surface area is 189 Å². The Morgan fingerprint density at radius 1 is 0.531 bits per heavy atom. The van der Waals surface area contributed by atoms with Gasteiger partial charge in [-0.3, -0.25) is 9.98 Å². The normalized spacial score (nSPS) is 16.8. The van der Waals surface area contributed by atoms with Crippen LogP contribution in [0, 0.1) is 0 Å². The van der Waals surface area contributed by atoms with Crippen LogP contribution in [0.15, 0.2) is 82.8 Å². The fourth-order valence-corrected chi connectivity index (χ4v) is 4.36. The summed E-state index contributed by atoms with van der Waals surface area (Å²) in [7, 11) is 8.35. The number of likely N-dealkylation sites (N-methyl/N-ethyl adjacent to an activating group) is 2. The number of hydrogen-bond donors (Lipinski definition) is 0. The Morgan fingerprint density at radius 3 is 1.22 bits per heavy atom. The fraction of sp³-hybridized carbons (Fsp3) is 0.214. The molecule has 32 heavy (non-hydrogen) atoms. The zero-order valence-electron chi connectivity index (χ0n) is 19.1. The van der Waals surface area contributed by atoms with E-state index in [0.717, 1.165) is 47.0 Å². The molecule has 0 spiro atoms. The van der Waals surface area contributed by atoms with Crippen LogP contribution in [0.25, 0.3) is 21.5 Å². The SMILES string of the molecule is CN(C)C/C1=N/c2cc3ccccc3cc2/C(CN(C)C)=N\c2cc3ccccc3cc21. The third-order valence-corrected chi connectivity index (χ3v) is 5.79. The lowest BCUT2D eigenvalue weighted by molar-refractivity contribution is 0.469. The Kier molecular flexibility index (Phi) is 5.33. The Balaban J connectivity index is 1.84. The van der Waals surface area contributed by atoms with E-state index in [-0.39, 0.29) is 0 Å². The van der Waals surface area contributed by atoms with E-state index < -0.39 is 0 Å². The van der Waals surface area contributed by atoms with Crippen molar-refractivity contribution in [2.45, 2.75) is 0 Å². The monoisotopic (exact) mass is 420 g/mol. The fourth-order valence-electron chi connectivity index (χ4n) is 4.36. The highest BCUT2D eigenvalue weighted by molar-refractivity contribution is 6.17. The summed E-state index contributed by atoms with van der Waals surface area (Å²) in [6.45, 7) is 1.49. The van der Waals surface area contributed by atoms with Crippen LogP contribution < -0.4 is 0 Å². The van der Waals surface area contributed by atoms with Crippen LogP contribution in [0.4, 0.5) is 11.4 Å². The summed E-state index contributed by atoms with van der Waals surface area (Å²) in [6.07, 6.45) is 0. The molecule has 0 N–H and O–H groups in total. The minimum Gasteiger partial charge on any atom is -0.304 e. The number of nitrogens with zero attached hydrogens (tertiary/aromatic N) is 4. The van der Waals surface area contributed by atoms with Gasteiger partial charge in [-0.1, -0.05) is 48.5 Å². The van der Waals surface area contributed by atoms with Crippen LogP contribution in [0.3, 0.4) is 0 Å². The molecule has 1 aliphatic rings. The molecule has 0 saturated heterocycles. The molecule has 4 aromatic carbocycles. The lowest BCUT2D eigenvalue weighted by Gasteiger charge is -2.22. The van der Waals surface area contributed by atoms with Gasteiger partial charge in [0.1, 0.15) is 0 Å². The van der Waals surface area contributed by atoms with Gasteiger partial charge in [0.05, 0.1) is 22.8 Å². The van der Waals surface area contributed by atoms with Crippen molar-refractivity contribution in [2.75, 3.05) is 41.3 Å². The van der Waals surface area contributed by atoms with Crippen molar-refractivity contribution in [1.29, 1.82) is 0 Å². The summed E-state index contributed by atoms with van der Waals surface area (Å²) < 4.78 is 0. The minimum absolute atomic E-state index is 0.746. The van der Waals surface area contributed by atoms with Crippen molar-refractivity contribution >= 4 is 44.3 Å². The van der Waals surface area contributed by atoms with Gasteiger partial charge in [-0.25, -0.2) is 0 Å². The van der Waals surface area contributed by atoms with E-state index in [0.29, 0.717) is 0 Å². The predicted octanol–water partition coefficient (Wildman–Crippen LogP) is 5.67. The first-order valence-electron chi connectivity index (χ1n) is 11.0. The van der Waals surface area contributed by atoms with Gasteiger partial charge in [0.25, 0.3) is 0 Å². The summed E-state index contributed by atoms with van der Waals surface area (Å²) in [6, 6.07) is 25.9. The van der Waals surface area contributed by atoms with Gasteiger partial charge in [-0.05, 0) is 74.0 Å². The average Bonchev–Trinajstić information content (AvgIpc) is 2.76. The topological polar surface area (TPSA) is 31.2 Å². The average molecular weight is 421 g/mol. The van der Waals surface area contributed by atoms with Gasteiger partial charge in [0, 0.05) is 24.2 Å². The molecule has 1 aliphatic heterocycles. The molecule has 0 aliphatic carbocycles. The molecule has 4 nitrogen and oxygen atoms in total.